The van der Waals surface area contributed by atoms with Gasteiger partial charge in [-0.3, -0.25) is 9.52 Å². The zero-order valence-corrected chi connectivity index (χ0v) is 23.4. The minimum absolute atomic E-state index is 0.0371. The number of likely N-dealkylation sites (N-methyl/N-ethyl adjacent to an activating group) is 1. The maximum Gasteiger partial charge on any atom is 0.267 e. The van der Waals surface area contributed by atoms with Gasteiger partial charge in [-0.05, 0) is 39.0 Å². The smallest absolute Gasteiger partial charge is 0.267 e. The Morgan fingerprint density at radius 2 is 1.95 bits per heavy atom. The molecule has 1 aliphatic heterocycles. The maximum absolute atomic E-state index is 13.3. The molecule has 37 heavy (non-hydrogen) atoms. The first kappa shape index (κ1) is 28.9. The van der Waals surface area contributed by atoms with Gasteiger partial charge in [-0.1, -0.05) is 12.1 Å². The van der Waals surface area contributed by atoms with Crippen LogP contribution >= 0.6 is 0 Å². The number of ether oxygens (including phenoxy) is 1. The van der Waals surface area contributed by atoms with Gasteiger partial charge in [-0.25, -0.2) is 21.1 Å². The number of aliphatic hydroxyl groups excluding tert-OH is 1. The van der Waals surface area contributed by atoms with Crippen molar-refractivity contribution in [1.82, 2.24) is 14.4 Å². The van der Waals surface area contributed by atoms with Gasteiger partial charge >= 0.3 is 0 Å². The number of anilines is 1. The Hall–Kier alpha value is -2.68. The number of rotatable bonds is 8. The number of hydrogen-bond acceptors (Lipinski definition) is 9. The Labute approximate surface area is 217 Å². The third kappa shape index (κ3) is 6.61. The summed E-state index contributed by atoms with van der Waals surface area (Å²) in [5.41, 5.74) is 0.834. The molecular weight excluding hydrogens is 524 g/mol. The average Bonchev–Trinajstić information content (AvgIpc) is 3.16. The van der Waals surface area contributed by atoms with E-state index >= 15 is 0 Å². The molecule has 0 bridgehead atoms. The fourth-order valence-electron chi connectivity index (χ4n) is 4.16. The zero-order valence-electron chi connectivity index (χ0n) is 21.8. The molecule has 2 aromatic rings. The number of carbonyl (C=O) groups is 1. The first-order chi connectivity index (χ1) is 17.1. The number of benzene rings is 1. The molecule has 12 nitrogen and oxygen atoms in total. The average molecular weight is 559 g/mol. The summed E-state index contributed by atoms with van der Waals surface area (Å²) in [6.07, 6.45) is 0.367. The van der Waals surface area contributed by atoms with Crippen molar-refractivity contribution in [3.05, 3.63) is 35.2 Å². The Balaban J connectivity index is 2.02. The van der Waals surface area contributed by atoms with Crippen LogP contribution in [-0.4, -0.2) is 87.4 Å². The summed E-state index contributed by atoms with van der Waals surface area (Å²) in [6.45, 7) is 6.61. The molecule has 3 atom stereocenters. The first-order valence-corrected chi connectivity index (χ1v) is 15.0. The molecule has 0 spiro atoms. The van der Waals surface area contributed by atoms with Crippen molar-refractivity contribution in [3.8, 4) is 5.75 Å². The van der Waals surface area contributed by atoms with Crippen LogP contribution in [0.1, 0.15) is 30.9 Å². The topological polar surface area (TPSA) is 159 Å². The SMILES string of the molecule is Cc1noc(C)c1S(=O)(=O)Nc1ccc2c(c1)CC(=O)N([C@@H](C)CO)C[C@@H](C)[C@H](CN(C)S(C)(=O)=O)O2. The van der Waals surface area contributed by atoms with Gasteiger partial charge in [0, 0.05) is 30.8 Å². The van der Waals surface area contributed by atoms with E-state index in [0.29, 0.717) is 11.3 Å². The first-order valence-electron chi connectivity index (χ1n) is 11.7. The number of fused-ring (bicyclic) bond motifs is 1. The lowest BCUT2D eigenvalue weighted by Crippen LogP contribution is -2.48. The Morgan fingerprint density at radius 3 is 2.51 bits per heavy atom. The van der Waals surface area contributed by atoms with E-state index in [0.717, 1.165) is 6.26 Å². The number of amides is 1. The summed E-state index contributed by atoms with van der Waals surface area (Å²) in [6, 6.07) is 4.09. The van der Waals surface area contributed by atoms with Crippen LogP contribution in [0.15, 0.2) is 27.6 Å². The number of aromatic nitrogens is 1. The molecule has 0 fully saturated rings. The van der Waals surface area contributed by atoms with E-state index in [4.69, 9.17) is 9.26 Å². The molecule has 14 heteroatoms. The molecule has 206 valence electrons. The minimum atomic E-state index is -4.02. The van der Waals surface area contributed by atoms with Crippen LogP contribution in [0, 0.1) is 19.8 Å². The van der Waals surface area contributed by atoms with Crippen LogP contribution in [0.4, 0.5) is 5.69 Å². The Bertz CT molecular complexity index is 1340. The van der Waals surface area contributed by atoms with Gasteiger partial charge in [-0.2, -0.15) is 0 Å². The van der Waals surface area contributed by atoms with Crippen molar-refractivity contribution in [1.29, 1.82) is 0 Å². The highest BCUT2D eigenvalue weighted by atomic mass is 32.2. The van der Waals surface area contributed by atoms with Crippen LogP contribution in [0.5, 0.6) is 5.75 Å². The summed E-state index contributed by atoms with van der Waals surface area (Å²) >= 11 is 0. The van der Waals surface area contributed by atoms with Crippen molar-refractivity contribution in [2.45, 2.75) is 51.2 Å². The summed E-state index contributed by atoms with van der Waals surface area (Å²) in [5, 5.41) is 13.4. The molecular formula is C23H34N4O8S2. The minimum Gasteiger partial charge on any atom is -0.488 e. The number of carbonyl (C=O) groups excluding carboxylic acids is 1. The summed E-state index contributed by atoms with van der Waals surface area (Å²) in [4.78, 5) is 14.8. The van der Waals surface area contributed by atoms with E-state index in [1.165, 1.54) is 42.2 Å². The van der Waals surface area contributed by atoms with Crippen molar-refractivity contribution >= 4 is 31.6 Å². The largest absolute Gasteiger partial charge is 0.488 e. The molecule has 0 unspecified atom stereocenters. The highest BCUT2D eigenvalue weighted by molar-refractivity contribution is 7.92. The number of nitrogens with one attached hydrogen (secondary N) is 1. The van der Waals surface area contributed by atoms with E-state index in [1.54, 1.807) is 13.0 Å². The quantitative estimate of drug-likeness (QED) is 0.484. The Morgan fingerprint density at radius 1 is 1.27 bits per heavy atom. The highest BCUT2D eigenvalue weighted by Crippen LogP contribution is 2.31. The van der Waals surface area contributed by atoms with Crippen molar-refractivity contribution in [2.24, 2.45) is 5.92 Å². The molecule has 1 amide bonds. The summed E-state index contributed by atoms with van der Waals surface area (Å²) < 4.78 is 65.0. The standard InChI is InChI=1S/C23H34N4O8S2/c1-14-11-27(15(2)13-28)22(29)10-18-9-19(25-37(32,33)23-16(3)24-35-17(23)4)7-8-20(18)34-21(14)12-26(5)36(6,30)31/h7-9,14-15,21,25,28H,10-13H2,1-6H3/t14-,15+,21+/m1/s1. The molecule has 1 aromatic carbocycles. The van der Waals surface area contributed by atoms with Crippen LogP contribution in [0.2, 0.25) is 0 Å². The van der Waals surface area contributed by atoms with Crippen LogP contribution in [0.25, 0.3) is 0 Å². The molecule has 2 heterocycles. The predicted octanol–water partition coefficient (Wildman–Crippen LogP) is 1.13. The molecule has 0 saturated carbocycles. The van der Waals surface area contributed by atoms with Crippen LogP contribution < -0.4 is 9.46 Å². The van der Waals surface area contributed by atoms with Gasteiger partial charge < -0.3 is 19.3 Å². The molecule has 0 aliphatic carbocycles. The van der Waals surface area contributed by atoms with Gasteiger partial charge in [0.25, 0.3) is 10.0 Å². The number of nitrogens with zero attached hydrogens (tertiary/aromatic N) is 3. The van der Waals surface area contributed by atoms with Crippen molar-refractivity contribution in [3.63, 3.8) is 0 Å². The lowest BCUT2D eigenvalue weighted by Gasteiger charge is -2.33. The normalized spacial score (nSPS) is 20.0. The van der Waals surface area contributed by atoms with E-state index in [9.17, 15) is 26.7 Å². The zero-order chi connectivity index (χ0) is 27.7. The molecule has 1 aliphatic rings. The van der Waals surface area contributed by atoms with Gasteiger partial charge in [0.1, 0.15) is 17.5 Å². The third-order valence-corrected chi connectivity index (χ3v) is 9.31. The second-order valence-corrected chi connectivity index (χ2v) is 13.2. The Kier molecular flexibility index (Phi) is 8.57. The van der Waals surface area contributed by atoms with Crippen LogP contribution in [-0.2, 0) is 31.3 Å². The lowest BCUT2D eigenvalue weighted by atomic mass is 10.0. The molecule has 1 aromatic heterocycles. The van der Waals surface area contributed by atoms with E-state index in [2.05, 4.69) is 9.88 Å². The number of hydrogen-bond donors (Lipinski definition) is 2. The van der Waals surface area contributed by atoms with Crippen LogP contribution in [0.3, 0.4) is 0 Å². The summed E-state index contributed by atoms with van der Waals surface area (Å²) in [7, 11) is -6.07. The van der Waals surface area contributed by atoms with E-state index in [-0.39, 0.29) is 60.0 Å². The van der Waals surface area contributed by atoms with E-state index in [1.807, 2.05) is 6.92 Å². The highest BCUT2D eigenvalue weighted by Gasteiger charge is 2.32. The number of sulfonamides is 2. The lowest BCUT2D eigenvalue weighted by molar-refractivity contribution is -0.134. The predicted molar refractivity (Wildman–Crippen MR) is 136 cm³/mol. The molecule has 0 saturated heterocycles. The maximum atomic E-state index is 13.3. The monoisotopic (exact) mass is 558 g/mol. The number of aryl methyl sites for hydroxylation is 2. The van der Waals surface area contributed by atoms with Crippen molar-refractivity contribution in [2.75, 3.05) is 37.7 Å². The van der Waals surface area contributed by atoms with Gasteiger partial charge in [0.15, 0.2) is 10.7 Å². The molecule has 0 radical (unpaired) electrons. The molecule has 2 N–H and O–H groups in total. The fraction of sp³-hybridized carbons (Fsp3) is 0.565. The molecule has 3 rings (SSSR count). The van der Waals surface area contributed by atoms with Gasteiger partial charge in [-0.15, -0.1) is 0 Å². The van der Waals surface area contributed by atoms with Gasteiger partial charge in [0.05, 0.1) is 31.9 Å². The second kappa shape index (κ2) is 11.0. The van der Waals surface area contributed by atoms with Crippen molar-refractivity contribution < 1.29 is 36.0 Å². The second-order valence-electron chi connectivity index (χ2n) is 9.51. The van der Waals surface area contributed by atoms with E-state index < -0.39 is 32.2 Å². The third-order valence-electron chi connectivity index (χ3n) is 6.41. The number of aliphatic hydroxyl groups is 1. The summed E-state index contributed by atoms with van der Waals surface area (Å²) in [5.74, 6) is -0.0792. The fourth-order valence-corrected chi connectivity index (χ4v) is 5.96. The van der Waals surface area contributed by atoms with Gasteiger partial charge in [0.2, 0.25) is 15.9 Å².